The minimum absolute atomic E-state index is 0.125. The number of ether oxygens (including phenoxy) is 2. The van der Waals surface area contributed by atoms with E-state index in [0.717, 1.165) is 5.56 Å². The Morgan fingerprint density at radius 2 is 2.10 bits per heavy atom. The third kappa shape index (κ3) is 3.50. The van der Waals surface area contributed by atoms with Crippen molar-refractivity contribution in [2.75, 3.05) is 7.11 Å². The first-order valence-electron chi connectivity index (χ1n) is 6.36. The lowest BCUT2D eigenvalue weighted by molar-refractivity contribution is 0.281. The van der Waals surface area contributed by atoms with Gasteiger partial charge in [0.05, 0.1) is 18.7 Å². The van der Waals surface area contributed by atoms with Gasteiger partial charge in [-0.15, -0.1) is 0 Å². The molecule has 0 saturated heterocycles. The largest absolute Gasteiger partial charge is 0.493 e. The summed E-state index contributed by atoms with van der Waals surface area (Å²) in [4.78, 5) is 0. The monoisotopic (exact) mass is 286 g/mol. The predicted octanol–water partition coefficient (Wildman–Crippen LogP) is 2.74. The van der Waals surface area contributed by atoms with Crippen LogP contribution in [0.4, 0.5) is 4.39 Å². The molecule has 0 atom stereocenters. The molecule has 5 heteroatoms. The molecule has 0 bridgehead atoms. The average molecular weight is 286 g/mol. The Morgan fingerprint density at radius 1 is 1.29 bits per heavy atom. The Labute approximate surface area is 122 Å². The van der Waals surface area contributed by atoms with Crippen LogP contribution in [0.3, 0.4) is 0 Å². The fraction of sp³-hybridized carbons (Fsp3) is 0.188. The Morgan fingerprint density at radius 3 is 2.76 bits per heavy atom. The lowest BCUT2D eigenvalue weighted by atomic mass is 10.1. The van der Waals surface area contributed by atoms with Gasteiger partial charge in [-0.2, -0.15) is 5.26 Å². The van der Waals surface area contributed by atoms with Crippen molar-refractivity contribution in [2.24, 2.45) is 5.73 Å². The van der Waals surface area contributed by atoms with E-state index in [0.29, 0.717) is 23.6 Å². The summed E-state index contributed by atoms with van der Waals surface area (Å²) in [6.07, 6.45) is 0. The molecule has 0 aliphatic rings. The number of hydrogen-bond acceptors (Lipinski definition) is 4. The summed E-state index contributed by atoms with van der Waals surface area (Å²) in [7, 11) is 1.54. The number of rotatable bonds is 5. The third-order valence-corrected chi connectivity index (χ3v) is 2.97. The quantitative estimate of drug-likeness (QED) is 0.917. The number of nitrogens with zero attached hydrogens (tertiary/aromatic N) is 1. The van der Waals surface area contributed by atoms with Gasteiger partial charge in [0.1, 0.15) is 12.4 Å². The molecule has 0 aromatic heterocycles. The van der Waals surface area contributed by atoms with Crippen LogP contribution in [0.15, 0.2) is 36.4 Å². The van der Waals surface area contributed by atoms with E-state index in [1.165, 1.54) is 12.1 Å². The molecule has 21 heavy (non-hydrogen) atoms. The van der Waals surface area contributed by atoms with Gasteiger partial charge in [-0.25, -0.2) is 4.39 Å². The first kappa shape index (κ1) is 14.8. The van der Waals surface area contributed by atoms with E-state index in [1.807, 2.05) is 18.2 Å². The molecule has 2 aromatic carbocycles. The van der Waals surface area contributed by atoms with E-state index in [-0.39, 0.29) is 12.2 Å². The number of benzene rings is 2. The zero-order valence-electron chi connectivity index (χ0n) is 11.6. The van der Waals surface area contributed by atoms with E-state index in [1.54, 1.807) is 19.2 Å². The van der Waals surface area contributed by atoms with Crippen molar-refractivity contribution in [3.8, 4) is 17.6 Å². The van der Waals surface area contributed by atoms with Crippen LogP contribution in [-0.4, -0.2) is 7.11 Å². The van der Waals surface area contributed by atoms with Gasteiger partial charge in [0, 0.05) is 12.1 Å². The minimum atomic E-state index is -0.466. The second-order valence-electron chi connectivity index (χ2n) is 4.40. The highest BCUT2D eigenvalue weighted by atomic mass is 19.1. The summed E-state index contributed by atoms with van der Waals surface area (Å²) in [6, 6.07) is 11.4. The first-order valence-corrected chi connectivity index (χ1v) is 6.36. The van der Waals surface area contributed by atoms with E-state index in [4.69, 9.17) is 20.5 Å². The van der Waals surface area contributed by atoms with E-state index in [2.05, 4.69) is 0 Å². The normalized spacial score (nSPS) is 10.0. The SMILES string of the molecule is COc1cccc(CN)c1OCc1cc(F)cc(C#N)c1. The van der Waals surface area contributed by atoms with Crippen LogP contribution in [0.25, 0.3) is 0 Å². The van der Waals surface area contributed by atoms with Crippen molar-refractivity contribution < 1.29 is 13.9 Å². The van der Waals surface area contributed by atoms with Crippen molar-refractivity contribution in [2.45, 2.75) is 13.2 Å². The van der Waals surface area contributed by atoms with Gasteiger partial charge >= 0.3 is 0 Å². The van der Waals surface area contributed by atoms with Crippen LogP contribution < -0.4 is 15.2 Å². The maximum absolute atomic E-state index is 13.4. The summed E-state index contributed by atoms with van der Waals surface area (Å²) in [5, 5.41) is 8.84. The molecule has 0 aliphatic carbocycles. The van der Waals surface area contributed by atoms with Gasteiger partial charge in [-0.05, 0) is 29.8 Å². The molecule has 0 unspecified atom stereocenters. The Kier molecular flexibility index (Phi) is 4.75. The molecule has 0 fully saturated rings. The molecule has 0 heterocycles. The highest BCUT2D eigenvalue weighted by Crippen LogP contribution is 2.31. The van der Waals surface area contributed by atoms with E-state index >= 15 is 0 Å². The molecule has 0 radical (unpaired) electrons. The number of nitriles is 1. The number of nitrogens with two attached hydrogens (primary N) is 1. The molecule has 0 aliphatic heterocycles. The number of para-hydroxylation sites is 1. The summed E-state index contributed by atoms with van der Waals surface area (Å²) >= 11 is 0. The van der Waals surface area contributed by atoms with Gasteiger partial charge in [0.2, 0.25) is 0 Å². The third-order valence-electron chi connectivity index (χ3n) is 2.97. The van der Waals surface area contributed by atoms with Gasteiger partial charge in [-0.3, -0.25) is 0 Å². The number of hydrogen-bond donors (Lipinski definition) is 1. The average Bonchev–Trinajstić information content (AvgIpc) is 2.51. The molecule has 2 rings (SSSR count). The van der Waals surface area contributed by atoms with Crippen molar-refractivity contribution in [3.63, 3.8) is 0 Å². The first-order chi connectivity index (χ1) is 10.2. The van der Waals surface area contributed by atoms with Crippen LogP contribution in [0, 0.1) is 17.1 Å². The Hall–Kier alpha value is -2.58. The zero-order chi connectivity index (χ0) is 15.2. The summed E-state index contributed by atoms with van der Waals surface area (Å²) in [5.74, 6) is 0.631. The second-order valence-corrected chi connectivity index (χ2v) is 4.40. The van der Waals surface area contributed by atoms with Gasteiger partial charge in [0.15, 0.2) is 11.5 Å². The van der Waals surface area contributed by atoms with Crippen molar-refractivity contribution in [3.05, 3.63) is 58.9 Å². The maximum Gasteiger partial charge on any atom is 0.166 e. The topological polar surface area (TPSA) is 68.3 Å². The van der Waals surface area contributed by atoms with E-state index < -0.39 is 5.82 Å². The Balaban J connectivity index is 2.24. The summed E-state index contributed by atoms with van der Waals surface area (Å²) in [5.41, 5.74) is 7.30. The molecular weight excluding hydrogens is 271 g/mol. The lowest BCUT2D eigenvalue weighted by Crippen LogP contribution is -2.05. The second kappa shape index (κ2) is 6.73. The molecular formula is C16H15FN2O2. The summed E-state index contributed by atoms with van der Waals surface area (Å²) < 4.78 is 24.3. The van der Waals surface area contributed by atoms with Crippen LogP contribution in [0.2, 0.25) is 0 Å². The molecule has 4 nitrogen and oxygen atoms in total. The van der Waals surface area contributed by atoms with Gasteiger partial charge in [0.25, 0.3) is 0 Å². The molecule has 2 aromatic rings. The Bertz CT molecular complexity index is 658. The molecule has 0 saturated carbocycles. The highest BCUT2D eigenvalue weighted by Gasteiger charge is 2.10. The summed E-state index contributed by atoms with van der Waals surface area (Å²) in [6.45, 7) is 0.430. The van der Waals surface area contributed by atoms with Gasteiger partial charge in [-0.1, -0.05) is 12.1 Å². The van der Waals surface area contributed by atoms with Gasteiger partial charge < -0.3 is 15.2 Å². The number of methoxy groups -OCH3 is 1. The highest BCUT2D eigenvalue weighted by molar-refractivity contribution is 5.46. The fourth-order valence-corrected chi connectivity index (χ4v) is 2.00. The number of halogens is 1. The lowest BCUT2D eigenvalue weighted by Gasteiger charge is -2.14. The van der Waals surface area contributed by atoms with Crippen LogP contribution in [-0.2, 0) is 13.2 Å². The van der Waals surface area contributed by atoms with Crippen molar-refractivity contribution in [1.29, 1.82) is 5.26 Å². The molecule has 2 N–H and O–H groups in total. The van der Waals surface area contributed by atoms with Crippen LogP contribution in [0.1, 0.15) is 16.7 Å². The molecule has 108 valence electrons. The molecule has 0 spiro atoms. The van der Waals surface area contributed by atoms with Crippen molar-refractivity contribution >= 4 is 0 Å². The van der Waals surface area contributed by atoms with Crippen molar-refractivity contribution in [1.82, 2.24) is 0 Å². The molecule has 0 amide bonds. The van der Waals surface area contributed by atoms with Crippen LogP contribution >= 0.6 is 0 Å². The van der Waals surface area contributed by atoms with E-state index in [9.17, 15) is 4.39 Å². The minimum Gasteiger partial charge on any atom is -0.493 e. The maximum atomic E-state index is 13.4. The zero-order valence-corrected chi connectivity index (χ0v) is 11.6. The predicted molar refractivity (Wildman–Crippen MR) is 76.3 cm³/mol. The standard InChI is InChI=1S/C16H15FN2O2/c1-20-15-4-2-3-13(9-19)16(15)21-10-12-5-11(8-18)6-14(17)7-12/h2-7H,9-10,19H2,1H3. The van der Waals surface area contributed by atoms with Crippen LogP contribution in [0.5, 0.6) is 11.5 Å². The smallest absolute Gasteiger partial charge is 0.166 e. The fourth-order valence-electron chi connectivity index (χ4n) is 2.00.